The standard InChI is InChI=1S/C16H20N2O5/c1-11-6-8-17(9-7-11)14(19)10-23-16(20)13-5-3-4-12(2)15(13)18(21)22/h3-5,11H,6-10H2,1-2H3. The summed E-state index contributed by atoms with van der Waals surface area (Å²) in [4.78, 5) is 36.2. The molecule has 1 aliphatic rings. The molecule has 1 aromatic carbocycles. The van der Waals surface area contributed by atoms with E-state index in [1.165, 1.54) is 6.07 Å². The topological polar surface area (TPSA) is 89.8 Å². The molecule has 0 aromatic heterocycles. The first-order valence-corrected chi connectivity index (χ1v) is 7.59. The maximum Gasteiger partial charge on any atom is 0.345 e. The Morgan fingerprint density at radius 2 is 2.00 bits per heavy atom. The second-order valence-corrected chi connectivity index (χ2v) is 5.87. The molecule has 0 bridgehead atoms. The Morgan fingerprint density at radius 3 is 2.61 bits per heavy atom. The van der Waals surface area contributed by atoms with Crippen LogP contribution < -0.4 is 0 Å². The number of para-hydroxylation sites is 1. The zero-order chi connectivity index (χ0) is 17.0. The average molecular weight is 320 g/mol. The lowest BCUT2D eigenvalue weighted by atomic mass is 9.99. The fraction of sp³-hybridized carbons (Fsp3) is 0.500. The van der Waals surface area contributed by atoms with Crippen molar-refractivity contribution in [2.45, 2.75) is 26.7 Å². The summed E-state index contributed by atoms with van der Waals surface area (Å²) < 4.78 is 4.98. The number of hydrogen-bond donors (Lipinski definition) is 0. The molecule has 1 amide bonds. The van der Waals surface area contributed by atoms with Crippen molar-refractivity contribution in [3.8, 4) is 0 Å². The van der Waals surface area contributed by atoms with E-state index in [1.54, 1.807) is 24.0 Å². The Bertz CT molecular complexity index is 621. The summed E-state index contributed by atoms with van der Waals surface area (Å²) >= 11 is 0. The number of carbonyl (C=O) groups excluding carboxylic acids is 2. The molecular formula is C16H20N2O5. The molecule has 1 fully saturated rings. The molecular weight excluding hydrogens is 300 g/mol. The number of piperidine rings is 1. The van der Waals surface area contributed by atoms with Crippen molar-refractivity contribution in [1.29, 1.82) is 0 Å². The Kier molecular flexibility index (Phi) is 5.31. The maximum absolute atomic E-state index is 12.1. The van der Waals surface area contributed by atoms with Gasteiger partial charge >= 0.3 is 5.97 Å². The molecule has 0 spiro atoms. The summed E-state index contributed by atoms with van der Waals surface area (Å²) in [6, 6.07) is 4.43. The van der Waals surface area contributed by atoms with Crippen molar-refractivity contribution < 1.29 is 19.2 Å². The highest BCUT2D eigenvalue weighted by Gasteiger charge is 2.25. The van der Waals surface area contributed by atoms with Crippen molar-refractivity contribution >= 4 is 17.6 Å². The van der Waals surface area contributed by atoms with E-state index in [0.717, 1.165) is 12.8 Å². The highest BCUT2D eigenvalue weighted by Crippen LogP contribution is 2.23. The van der Waals surface area contributed by atoms with Crippen LogP contribution in [0.4, 0.5) is 5.69 Å². The number of nitro benzene ring substituents is 1. The van der Waals surface area contributed by atoms with Gasteiger partial charge < -0.3 is 9.64 Å². The van der Waals surface area contributed by atoms with E-state index in [9.17, 15) is 19.7 Å². The van der Waals surface area contributed by atoms with Gasteiger partial charge in [0.15, 0.2) is 6.61 Å². The largest absolute Gasteiger partial charge is 0.452 e. The van der Waals surface area contributed by atoms with Gasteiger partial charge in [-0.2, -0.15) is 0 Å². The Balaban J connectivity index is 1.99. The number of aryl methyl sites for hydroxylation is 1. The van der Waals surface area contributed by atoms with Crippen molar-refractivity contribution in [2.75, 3.05) is 19.7 Å². The number of rotatable bonds is 4. The Hall–Kier alpha value is -2.44. The highest BCUT2D eigenvalue weighted by atomic mass is 16.6. The molecule has 0 atom stereocenters. The van der Waals surface area contributed by atoms with Gasteiger partial charge in [0.2, 0.25) is 0 Å². The van der Waals surface area contributed by atoms with E-state index >= 15 is 0 Å². The van der Waals surface area contributed by atoms with Crippen LogP contribution in [0.25, 0.3) is 0 Å². The number of esters is 1. The van der Waals surface area contributed by atoms with Crippen LogP contribution in [0.3, 0.4) is 0 Å². The fourth-order valence-corrected chi connectivity index (χ4v) is 2.62. The third kappa shape index (κ3) is 4.06. The highest BCUT2D eigenvalue weighted by molar-refractivity contribution is 5.95. The first-order chi connectivity index (χ1) is 10.9. The molecule has 23 heavy (non-hydrogen) atoms. The second-order valence-electron chi connectivity index (χ2n) is 5.87. The molecule has 7 heteroatoms. The summed E-state index contributed by atoms with van der Waals surface area (Å²) in [6.07, 6.45) is 1.87. The van der Waals surface area contributed by atoms with Gasteiger partial charge in [0.25, 0.3) is 11.6 Å². The van der Waals surface area contributed by atoms with Crippen molar-refractivity contribution in [3.63, 3.8) is 0 Å². The molecule has 0 unspecified atom stereocenters. The zero-order valence-corrected chi connectivity index (χ0v) is 13.3. The van der Waals surface area contributed by atoms with Crippen molar-refractivity contribution in [1.82, 2.24) is 4.90 Å². The zero-order valence-electron chi connectivity index (χ0n) is 13.3. The van der Waals surface area contributed by atoms with E-state index in [2.05, 4.69) is 6.92 Å². The van der Waals surface area contributed by atoms with Crippen LogP contribution in [-0.4, -0.2) is 41.4 Å². The number of likely N-dealkylation sites (tertiary alicyclic amines) is 1. The van der Waals surface area contributed by atoms with Crippen LogP contribution >= 0.6 is 0 Å². The smallest absolute Gasteiger partial charge is 0.345 e. The van der Waals surface area contributed by atoms with Gasteiger partial charge in [-0.05, 0) is 31.7 Å². The van der Waals surface area contributed by atoms with E-state index in [4.69, 9.17) is 4.74 Å². The maximum atomic E-state index is 12.1. The predicted octanol–water partition coefficient (Wildman–Crippen LogP) is 2.32. The van der Waals surface area contributed by atoms with Crippen LogP contribution in [0.1, 0.15) is 35.7 Å². The molecule has 1 aliphatic heterocycles. The minimum absolute atomic E-state index is 0.130. The molecule has 0 radical (unpaired) electrons. The number of ether oxygens (including phenoxy) is 1. The van der Waals surface area contributed by atoms with E-state index in [0.29, 0.717) is 24.6 Å². The Labute approximate surface area is 134 Å². The molecule has 0 aliphatic carbocycles. The molecule has 1 saturated heterocycles. The van der Waals surface area contributed by atoms with Crippen LogP contribution in [0.2, 0.25) is 0 Å². The third-order valence-electron chi connectivity index (χ3n) is 4.10. The number of carbonyl (C=O) groups is 2. The number of benzene rings is 1. The summed E-state index contributed by atoms with van der Waals surface area (Å²) in [5.74, 6) is -0.517. The van der Waals surface area contributed by atoms with Crippen molar-refractivity contribution in [2.24, 2.45) is 5.92 Å². The average Bonchev–Trinajstić information content (AvgIpc) is 2.52. The minimum Gasteiger partial charge on any atom is -0.452 e. The molecule has 0 saturated carbocycles. The molecule has 2 rings (SSSR count). The third-order valence-corrected chi connectivity index (χ3v) is 4.10. The Morgan fingerprint density at radius 1 is 1.35 bits per heavy atom. The van der Waals surface area contributed by atoms with Crippen molar-refractivity contribution in [3.05, 3.63) is 39.4 Å². The lowest BCUT2D eigenvalue weighted by Gasteiger charge is -2.30. The SMILES string of the molecule is Cc1cccc(C(=O)OCC(=O)N2CCC(C)CC2)c1[N+](=O)[O-]. The molecule has 1 aromatic rings. The normalized spacial score (nSPS) is 15.3. The van der Waals surface area contributed by atoms with Gasteiger partial charge in [0, 0.05) is 18.7 Å². The number of nitrogens with zero attached hydrogens (tertiary/aromatic N) is 2. The van der Waals surface area contributed by atoms with Gasteiger partial charge in [0.05, 0.1) is 4.92 Å². The first-order valence-electron chi connectivity index (χ1n) is 7.59. The lowest BCUT2D eigenvalue weighted by Crippen LogP contribution is -2.40. The molecule has 1 heterocycles. The predicted molar refractivity (Wildman–Crippen MR) is 83.1 cm³/mol. The summed E-state index contributed by atoms with van der Waals surface area (Å²) in [5.41, 5.74) is -0.0346. The van der Waals surface area contributed by atoms with Gasteiger partial charge in [0.1, 0.15) is 5.56 Å². The monoisotopic (exact) mass is 320 g/mol. The fourth-order valence-electron chi connectivity index (χ4n) is 2.62. The van der Waals surface area contributed by atoms with Gasteiger partial charge in [-0.3, -0.25) is 14.9 Å². The number of hydrogen-bond acceptors (Lipinski definition) is 5. The second kappa shape index (κ2) is 7.21. The summed E-state index contributed by atoms with van der Waals surface area (Å²) in [6.45, 7) is 4.61. The van der Waals surface area contributed by atoms with E-state index in [1.807, 2.05) is 0 Å². The first kappa shape index (κ1) is 16.9. The van der Waals surface area contributed by atoms with Crippen LogP contribution in [-0.2, 0) is 9.53 Å². The van der Waals surface area contributed by atoms with Crippen LogP contribution in [0.5, 0.6) is 0 Å². The molecule has 0 N–H and O–H groups in total. The summed E-state index contributed by atoms with van der Waals surface area (Å²) in [5, 5.41) is 11.1. The summed E-state index contributed by atoms with van der Waals surface area (Å²) in [7, 11) is 0. The van der Waals surface area contributed by atoms with Gasteiger partial charge in [-0.15, -0.1) is 0 Å². The molecule has 124 valence electrons. The number of amides is 1. The molecule has 7 nitrogen and oxygen atoms in total. The quantitative estimate of drug-likeness (QED) is 0.482. The van der Waals surface area contributed by atoms with Crippen LogP contribution in [0.15, 0.2) is 18.2 Å². The van der Waals surface area contributed by atoms with Gasteiger partial charge in [-0.1, -0.05) is 19.1 Å². The van der Waals surface area contributed by atoms with Gasteiger partial charge in [-0.25, -0.2) is 4.79 Å². The lowest BCUT2D eigenvalue weighted by molar-refractivity contribution is -0.385. The van der Waals surface area contributed by atoms with Crippen LogP contribution in [0, 0.1) is 23.0 Å². The number of nitro groups is 1. The van der Waals surface area contributed by atoms with E-state index in [-0.39, 0.29) is 17.2 Å². The van der Waals surface area contributed by atoms with E-state index < -0.39 is 17.5 Å². The minimum atomic E-state index is -0.848.